The Balaban J connectivity index is 1.78. The molecule has 2 N–H and O–H groups in total. The molecule has 27 heavy (non-hydrogen) atoms. The van der Waals surface area contributed by atoms with Crippen LogP contribution in [0.4, 0.5) is 0 Å². The zero-order chi connectivity index (χ0) is 19.6. The van der Waals surface area contributed by atoms with Crippen LogP contribution < -0.4 is 10.6 Å². The van der Waals surface area contributed by atoms with E-state index in [0.29, 0.717) is 31.7 Å². The lowest BCUT2D eigenvalue weighted by atomic mass is 10.1. The van der Waals surface area contributed by atoms with Crippen molar-refractivity contribution < 1.29 is 9.59 Å². The fraction of sp³-hybridized carbons (Fsp3) is 0.429. The molecule has 1 aliphatic heterocycles. The first-order valence-electron chi connectivity index (χ1n) is 9.45. The average molecular weight is 368 g/mol. The lowest BCUT2D eigenvalue weighted by Gasteiger charge is -2.21. The lowest BCUT2D eigenvalue weighted by molar-refractivity contribution is -0.125. The summed E-state index contributed by atoms with van der Waals surface area (Å²) in [5.74, 6) is -0.0804. The summed E-state index contributed by atoms with van der Waals surface area (Å²) in [6.45, 7) is 9.54. The summed E-state index contributed by atoms with van der Waals surface area (Å²) in [6.07, 6.45) is 2.40. The zero-order valence-electron chi connectivity index (χ0n) is 16.3. The van der Waals surface area contributed by atoms with E-state index in [-0.39, 0.29) is 23.9 Å². The highest BCUT2D eigenvalue weighted by atomic mass is 16.2. The molecule has 144 valence electrons. The smallest absolute Gasteiger partial charge is 0.268 e. The van der Waals surface area contributed by atoms with E-state index in [2.05, 4.69) is 22.1 Å². The molecule has 1 aromatic carbocycles. The standard InChI is InChI=1S/C21H28N4O2/c1-5-11-25-13-15(12-18(25)20(26)22-6-2)23-21(27)19-14(3)16-9-7-8-10-17(16)24(19)4/h5,7-10,15,18H,1,6,11-13H2,2-4H3,(H,22,26)(H,23,27)/t15-,18-/m0/s1. The van der Waals surface area contributed by atoms with Crippen LogP contribution in [-0.4, -0.2) is 53.0 Å². The van der Waals surface area contributed by atoms with Crippen LogP contribution in [0.5, 0.6) is 0 Å². The van der Waals surface area contributed by atoms with Gasteiger partial charge in [0.2, 0.25) is 5.91 Å². The fourth-order valence-corrected chi connectivity index (χ4v) is 4.10. The number of hydrogen-bond donors (Lipinski definition) is 2. The minimum Gasteiger partial charge on any atom is -0.355 e. The van der Waals surface area contributed by atoms with Crippen LogP contribution >= 0.6 is 0 Å². The Kier molecular flexibility index (Phi) is 5.65. The number of nitrogens with one attached hydrogen (secondary N) is 2. The van der Waals surface area contributed by atoms with Crippen molar-refractivity contribution in [2.75, 3.05) is 19.6 Å². The first-order valence-corrected chi connectivity index (χ1v) is 9.45. The number of aryl methyl sites for hydroxylation is 2. The van der Waals surface area contributed by atoms with E-state index < -0.39 is 0 Å². The van der Waals surface area contributed by atoms with Crippen LogP contribution in [0.1, 0.15) is 29.4 Å². The fourth-order valence-electron chi connectivity index (χ4n) is 4.10. The van der Waals surface area contributed by atoms with Gasteiger partial charge < -0.3 is 15.2 Å². The molecule has 6 nitrogen and oxygen atoms in total. The third kappa shape index (κ3) is 3.62. The molecule has 6 heteroatoms. The van der Waals surface area contributed by atoms with Crippen LogP contribution in [0.2, 0.25) is 0 Å². The highest BCUT2D eigenvalue weighted by molar-refractivity contribution is 6.01. The molecule has 0 radical (unpaired) electrons. The number of rotatable bonds is 6. The van der Waals surface area contributed by atoms with Crippen molar-refractivity contribution in [3.63, 3.8) is 0 Å². The Morgan fingerprint density at radius 2 is 2.07 bits per heavy atom. The molecule has 2 atom stereocenters. The molecule has 2 heterocycles. The van der Waals surface area contributed by atoms with Gasteiger partial charge in [-0.05, 0) is 31.9 Å². The Morgan fingerprint density at radius 1 is 1.33 bits per heavy atom. The highest BCUT2D eigenvalue weighted by Gasteiger charge is 2.37. The number of para-hydroxylation sites is 1. The molecule has 1 saturated heterocycles. The Labute approximate surface area is 160 Å². The molecule has 0 aliphatic carbocycles. The van der Waals surface area contributed by atoms with Gasteiger partial charge in [-0.3, -0.25) is 14.5 Å². The molecule has 0 unspecified atom stereocenters. The summed E-state index contributed by atoms with van der Waals surface area (Å²) >= 11 is 0. The molecular weight excluding hydrogens is 340 g/mol. The van der Waals surface area contributed by atoms with Crippen molar-refractivity contribution in [2.24, 2.45) is 7.05 Å². The Bertz CT molecular complexity index is 831. The topological polar surface area (TPSA) is 66.4 Å². The van der Waals surface area contributed by atoms with Gasteiger partial charge in [-0.25, -0.2) is 0 Å². The zero-order valence-corrected chi connectivity index (χ0v) is 16.3. The number of fused-ring (bicyclic) bond motifs is 1. The molecule has 0 saturated carbocycles. The number of amides is 2. The van der Waals surface area contributed by atoms with E-state index >= 15 is 0 Å². The number of carbonyl (C=O) groups is 2. The van der Waals surface area contributed by atoms with Crippen molar-refractivity contribution >= 4 is 22.7 Å². The van der Waals surface area contributed by atoms with Crippen LogP contribution in [0.3, 0.4) is 0 Å². The van der Waals surface area contributed by atoms with Crippen molar-refractivity contribution in [1.82, 2.24) is 20.1 Å². The van der Waals surface area contributed by atoms with Gasteiger partial charge in [0.15, 0.2) is 0 Å². The predicted molar refractivity (Wildman–Crippen MR) is 108 cm³/mol. The van der Waals surface area contributed by atoms with Gasteiger partial charge >= 0.3 is 0 Å². The van der Waals surface area contributed by atoms with Gasteiger partial charge in [0.25, 0.3) is 5.91 Å². The summed E-state index contributed by atoms with van der Waals surface area (Å²) in [5.41, 5.74) is 2.69. The summed E-state index contributed by atoms with van der Waals surface area (Å²) in [4.78, 5) is 27.4. The molecule has 2 aromatic rings. The molecule has 0 spiro atoms. The average Bonchev–Trinajstić information content (AvgIpc) is 3.15. The van der Waals surface area contributed by atoms with Crippen LogP contribution in [0.15, 0.2) is 36.9 Å². The number of carbonyl (C=O) groups excluding carboxylic acids is 2. The molecule has 1 aliphatic rings. The first-order chi connectivity index (χ1) is 13.0. The summed E-state index contributed by atoms with van der Waals surface area (Å²) in [6, 6.07) is 7.71. The molecule has 1 aromatic heterocycles. The number of hydrogen-bond acceptors (Lipinski definition) is 3. The van der Waals surface area contributed by atoms with E-state index in [1.165, 1.54) is 0 Å². The summed E-state index contributed by atoms with van der Waals surface area (Å²) in [7, 11) is 1.92. The van der Waals surface area contributed by atoms with Gasteiger partial charge in [0.1, 0.15) is 5.69 Å². The van der Waals surface area contributed by atoms with Crippen molar-refractivity contribution in [1.29, 1.82) is 0 Å². The number of benzene rings is 1. The number of likely N-dealkylation sites (N-methyl/N-ethyl adjacent to an activating group) is 1. The molecule has 0 bridgehead atoms. The van der Waals surface area contributed by atoms with E-state index in [4.69, 9.17) is 0 Å². The maximum absolute atomic E-state index is 13.0. The Morgan fingerprint density at radius 3 is 2.74 bits per heavy atom. The van der Waals surface area contributed by atoms with E-state index in [1.807, 2.05) is 49.7 Å². The first kappa shape index (κ1) is 19.2. The van der Waals surface area contributed by atoms with Crippen molar-refractivity contribution in [3.05, 3.63) is 48.2 Å². The number of likely N-dealkylation sites (tertiary alicyclic amines) is 1. The van der Waals surface area contributed by atoms with Gasteiger partial charge in [-0.2, -0.15) is 0 Å². The SMILES string of the molecule is C=CCN1C[C@@H](NC(=O)c2c(C)c3ccccc3n2C)C[C@H]1C(=O)NCC. The second-order valence-electron chi connectivity index (χ2n) is 7.11. The second kappa shape index (κ2) is 7.96. The highest BCUT2D eigenvalue weighted by Crippen LogP contribution is 2.25. The number of nitrogens with zero attached hydrogens (tertiary/aromatic N) is 2. The number of aromatic nitrogens is 1. The molecule has 2 amide bonds. The predicted octanol–water partition coefficient (Wildman–Crippen LogP) is 1.98. The van der Waals surface area contributed by atoms with Crippen LogP contribution in [-0.2, 0) is 11.8 Å². The van der Waals surface area contributed by atoms with E-state index in [1.54, 1.807) is 6.08 Å². The van der Waals surface area contributed by atoms with Crippen molar-refractivity contribution in [3.8, 4) is 0 Å². The van der Waals surface area contributed by atoms with Gasteiger partial charge in [-0.1, -0.05) is 24.3 Å². The third-order valence-corrected chi connectivity index (χ3v) is 5.33. The lowest BCUT2D eigenvalue weighted by Crippen LogP contribution is -2.43. The van der Waals surface area contributed by atoms with Crippen LogP contribution in [0, 0.1) is 6.92 Å². The third-order valence-electron chi connectivity index (χ3n) is 5.33. The molecule has 1 fully saturated rings. The minimum absolute atomic E-state index is 0.0110. The molecular formula is C21H28N4O2. The minimum atomic E-state index is -0.234. The van der Waals surface area contributed by atoms with E-state index in [9.17, 15) is 9.59 Å². The van der Waals surface area contributed by atoms with Crippen molar-refractivity contribution in [2.45, 2.75) is 32.4 Å². The largest absolute Gasteiger partial charge is 0.355 e. The maximum Gasteiger partial charge on any atom is 0.268 e. The summed E-state index contributed by atoms with van der Waals surface area (Å²) in [5, 5.41) is 7.11. The summed E-state index contributed by atoms with van der Waals surface area (Å²) < 4.78 is 1.94. The van der Waals surface area contributed by atoms with Crippen LogP contribution in [0.25, 0.3) is 10.9 Å². The van der Waals surface area contributed by atoms with Gasteiger partial charge in [0.05, 0.1) is 6.04 Å². The molecule has 3 rings (SSSR count). The maximum atomic E-state index is 13.0. The Hall–Kier alpha value is -2.60. The van der Waals surface area contributed by atoms with Gasteiger partial charge in [-0.15, -0.1) is 6.58 Å². The van der Waals surface area contributed by atoms with E-state index in [0.717, 1.165) is 16.5 Å². The van der Waals surface area contributed by atoms with Gasteiger partial charge in [0, 0.05) is 43.6 Å². The monoisotopic (exact) mass is 368 g/mol. The quantitative estimate of drug-likeness (QED) is 0.767. The second-order valence-corrected chi connectivity index (χ2v) is 7.11. The normalized spacial score (nSPS) is 20.0.